The van der Waals surface area contributed by atoms with Crippen molar-refractivity contribution in [2.75, 3.05) is 11.4 Å². The van der Waals surface area contributed by atoms with E-state index in [1.165, 1.54) is 15.8 Å². The SMILES string of the molecule is N#Cc1cnn(-c2ccccn2)c1N1CC(S(N)(=O)=O)CC1=O. The van der Waals surface area contributed by atoms with E-state index in [1.807, 2.05) is 6.07 Å². The van der Waals surface area contributed by atoms with E-state index in [2.05, 4.69) is 10.1 Å². The number of hydrogen-bond donors (Lipinski definition) is 1. The summed E-state index contributed by atoms with van der Waals surface area (Å²) in [6.07, 6.45) is 2.63. The van der Waals surface area contributed by atoms with Crippen LogP contribution in [0.15, 0.2) is 30.6 Å². The van der Waals surface area contributed by atoms with Crippen LogP contribution in [0.3, 0.4) is 0 Å². The van der Waals surface area contributed by atoms with E-state index in [4.69, 9.17) is 5.14 Å². The lowest BCUT2D eigenvalue weighted by molar-refractivity contribution is -0.117. The van der Waals surface area contributed by atoms with Gasteiger partial charge in [-0.2, -0.15) is 15.0 Å². The van der Waals surface area contributed by atoms with E-state index in [-0.39, 0.29) is 24.3 Å². The van der Waals surface area contributed by atoms with Crippen LogP contribution in [-0.4, -0.2) is 40.9 Å². The number of primary sulfonamides is 1. The monoisotopic (exact) mass is 332 g/mol. The van der Waals surface area contributed by atoms with E-state index in [0.717, 1.165) is 0 Å². The second kappa shape index (κ2) is 5.45. The van der Waals surface area contributed by atoms with Crippen molar-refractivity contribution in [1.29, 1.82) is 5.26 Å². The lowest BCUT2D eigenvalue weighted by Gasteiger charge is -2.18. The minimum atomic E-state index is -3.85. The van der Waals surface area contributed by atoms with Gasteiger partial charge < -0.3 is 0 Å². The number of pyridine rings is 1. The van der Waals surface area contributed by atoms with E-state index < -0.39 is 21.2 Å². The van der Waals surface area contributed by atoms with Gasteiger partial charge >= 0.3 is 0 Å². The number of nitriles is 1. The van der Waals surface area contributed by atoms with Crippen molar-refractivity contribution < 1.29 is 13.2 Å². The van der Waals surface area contributed by atoms with Crippen molar-refractivity contribution in [1.82, 2.24) is 14.8 Å². The molecule has 9 nitrogen and oxygen atoms in total. The third-order valence-corrected chi connectivity index (χ3v) is 4.79. The van der Waals surface area contributed by atoms with Gasteiger partial charge in [0.05, 0.1) is 6.20 Å². The maximum Gasteiger partial charge on any atom is 0.229 e. The fourth-order valence-corrected chi connectivity index (χ4v) is 3.16. The van der Waals surface area contributed by atoms with Gasteiger partial charge in [-0.15, -0.1) is 0 Å². The Bertz CT molecular complexity index is 900. The maximum absolute atomic E-state index is 12.2. The molecule has 1 aliphatic heterocycles. The zero-order chi connectivity index (χ0) is 16.6. The number of carbonyl (C=O) groups is 1. The Labute approximate surface area is 132 Å². The zero-order valence-electron chi connectivity index (χ0n) is 11.8. The average molecular weight is 332 g/mol. The van der Waals surface area contributed by atoms with E-state index >= 15 is 0 Å². The molecule has 10 heteroatoms. The number of anilines is 1. The normalized spacial score (nSPS) is 18.2. The molecule has 0 saturated carbocycles. The number of nitrogens with two attached hydrogens (primary N) is 1. The molecule has 0 radical (unpaired) electrons. The smallest absolute Gasteiger partial charge is 0.229 e. The molecule has 0 spiro atoms. The van der Waals surface area contributed by atoms with Crippen LogP contribution in [-0.2, 0) is 14.8 Å². The van der Waals surface area contributed by atoms with Crippen molar-refractivity contribution >= 4 is 21.7 Å². The van der Waals surface area contributed by atoms with E-state index in [0.29, 0.717) is 5.82 Å². The number of amides is 1. The number of aromatic nitrogens is 3. The van der Waals surface area contributed by atoms with Crippen molar-refractivity contribution in [3.05, 3.63) is 36.2 Å². The molecule has 118 valence electrons. The van der Waals surface area contributed by atoms with Gasteiger partial charge in [-0.05, 0) is 12.1 Å². The summed E-state index contributed by atoms with van der Waals surface area (Å²) in [6.45, 7) is -0.120. The molecule has 1 fully saturated rings. The van der Waals surface area contributed by atoms with Crippen LogP contribution >= 0.6 is 0 Å². The van der Waals surface area contributed by atoms with E-state index in [1.54, 1.807) is 24.4 Å². The highest BCUT2D eigenvalue weighted by Crippen LogP contribution is 2.28. The summed E-state index contributed by atoms with van der Waals surface area (Å²) in [5, 5.41) is 17.5. The van der Waals surface area contributed by atoms with Gasteiger partial charge in [0.1, 0.15) is 16.9 Å². The first-order valence-electron chi connectivity index (χ1n) is 6.63. The molecule has 2 aromatic heterocycles. The Balaban J connectivity index is 2.08. The Kier molecular flexibility index (Phi) is 3.59. The van der Waals surface area contributed by atoms with Gasteiger partial charge in [0.2, 0.25) is 15.9 Å². The largest absolute Gasteiger partial charge is 0.294 e. The summed E-state index contributed by atoms with van der Waals surface area (Å²) in [5.41, 5.74) is 0.152. The fourth-order valence-electron chi connectivity index (χ4n) is 2.43. The molecular weight excluding hydrogens is 320 g/mol. The topological polar surface area (TPSA) is 135 Å². The molecule has 1 aliphatic rings. The molecule has 1 amide bonds. The Morgan fingerprint density at radius 2 is 2.17 bits per heavy atom. The molecule has 0 aromatic carbocycles. The molecular formula is C13H12N6O3S. The highest BCUT2D eigenvalue weighted by molar-refractivity contribution is 7.89. The number of hydrogen-bond acceptors (Lipinski definition) is 6. The van der Waals surface area contributed by atoms with Crippen LogP contribution in [0.2, 0.25) is 0 Å². The molecule has 2 aromatic rings. The molecule has 1 saturated heterocycles. The van der Waals surface area contributed by atoms with Gasteiger partial charge in [-0.3, -0.25) is 9.69 Å². The van der Waals surface area contributed by atoms with Gasteiger partial charge in [0, 0.05) is 19.2 Å². The molecule has 3 rings (SSSR count). The van der Waals surface area contributed by atoms with Crippen LogP contribution in [0, 0.1) is 11.3 Å². The van der Waals surface area contributed by atoms with Crippen molar-refractivity contribution in [2.24, 2.45) is 5.14 Å². The van der Waals surface area contributed by atoms with Crippen molar-refractivity contribution in [3.63, 3.8) is 0 Å². The molecule has 0 bridgehead atoms. The molecule has 23 heavy (non-hydrogen) atoms. The minimum absolute atomic E-state index is 0.120. The van der Waals surface area contributed by atoms with Gasteiger partial charge in [-0.25, -0.2) is 18.5 Å². The van der Waals surface area contributed by atoms with Crippen molar-refractivity contribution in [2.45, 2.75) is 11.7 Å². The standard InChI is InChI=1S/C13H12N6O3S/c14-6-9-7-17-19(11-3-1-2-4-16-11)13(9)18-8-10(5-12(18)20)23(15,21)22/h1-4,7,10H,5,8H2,(H2,15,21,22). The van der Waals surface area contributed by atoms with Crippen LogP contribution in [0.5, 0.6) is 0 Å². The number of sulfonamides is 1. The Morgan fingerprint density at radius 1 is 1.39 bits per heavy atom. The number of nitrogens with zero attached hydrogens (tertiary/aromatic N) is 5. The summed E-state index contributed by atoms with van der Waals surface area (Å²) in [5.74, 6) is 0.177. The van der Waals surface area contributed by atoms with Crippen molar-refractivity contribution in [3.8, 4) is 11.9 Å². The minimum Gasteiger partial charge on any atom is -0.294 e. The first kappa shape index (κ1) is 15.1. The molecule has 3 heterocycles. The van der Waals surface area contributed by atoms with E-state index in [9.17, 15) is 18.5 Å². The molecule has 1 unspecified atom stereocenters. The predicted octanol–water partition coefficient (Wildman–Crippen LogP) is -0.467. The maximum atomic E-state index is 12.2. The first-order chi connectivity index (χ1) is 10.9. The average Bonchev–Trinajstić information content (AvgIpc) is 3.10. The second-order valence-electron chi connectivity index (χ2n) is 5.01. The Morgan fingerprint density at radius 3 is 2.74 bits per heavy atom. The highest BCUT2D eigenvalue weighted by atomic mass is 32.2. The van der Waals surface area contributed by atoms with Crippen LogP contribution < -0.4 is 10.0 Å². The van der Waals surface area contributed by atoms with Gasteiger partial charge in [0.25, 0.3) is 0 Å². The lowest BCUT2D eigenvalue weighted by atomic mass is 10.3. The zero-order valence-corrected chi connectivity index (χ0v) is 12.6. The third kappa shape index (κ3) is 2.67. The highest BCUT2D eigenvalue weighted by Gasteiger charge is 2.39. The van der Waals surface area contributed by atoms with Crippen LogP contribution in [0.4, 0.5) is 5.82 Å². The summed E-state index contributed by atoms with van der Waals surface area (Å²) >= 11 is 0. The van der Waals surface area contributed by atoms with Gasteiger partial charge in [0.15, 0.2) is 11.6 Å². The molecule has 1 atom stereocenters. The third-order valence-electron chi connectivity index (χ3n) is 3.54. The summed E-state index contributed by atoms with van der Waals surface area (Å²) in [6, 6.07) is 7.07. The summed E-state index contributed by atoms with van der Waals surface area (Å²) in [4.78, 5) is 17.6. The molecule has 0 aliphatic carbocycles. The summed E-state index contributed by atoms with van der Waals surface area (Å²) in [7, 11) is -3.85. The van der Waals surface area contributed by atoms with Crippen LogP contribution in [0.25, 0.3) is 5.82 Å². The first-order valence-corrected chi connectivity index (χ1v) is 8.24. The van der Waals surface area contributed by atoms with Gasteiger partial charge in [-0.1, -0.05) is 6.07 Å². The second-order valence-corrected chi connectivity index (χ2v) is 6.86. The number of rotatable bonds is 3. The van der Waals surface area contributed by atoms with Crippen LogP contribution in [0.1, 0.15) is 12.0 Å². The quantitative estimate of drug-likeness (QED) is 0.807. The Hall–Kier alpha value is -2.77. The lowest BCUT2D eigenvalue weighted by Crippen LogP contribution is -2.33. The summed E-state index contributed by atoms with van der Waals surface area (Å²) < 4.78 is 24.3. The fraction of sp³-hybridized carbons (Fsp3) is 0.231. The molecule has 2 N–H and O–H groups in total. The predicted molar refractivity (Wildman–Crippen MR) is 79.9 cm³/mol. The number of carbonyl (C=O) groups excluding carboxylic acids is 1.